The Morgan fingerprint density at radius 2 is 1.15 bits per heavy atom. The molecule has 4 aromatic carbocycles. The summed E-state index contributed by atoms with van der Waals surface area (Å²) in [7, 11) is 0. The first-order chi connectivity index (χ1) is 16.5. The maximum Gasteiger partial charge on any atom is 0.326 e. The summed E-state index contributed by atoms with van der Waals surface area (Å²) < 4.78 is 0. The van der Waals surface area contributed by atoms with Crippen LogP contribution in [0.25, 0.3) is 22.3 Å². The fraction of sp³-hybridized carbons (Fsp3) is 0.133. The summed E-state index contributed by atoms with van der Waals surface area (Å²) in [5.74, 6) is -1.46. The molecule has 1 atom stereocenters. The number of rotatable bonds is 8. The molecule has 0 bridgehead atoms. The van der Waals surface area contributed by atoms with Gasteiger partial charge in [0.05, 0.1) is 0 Å². The maximum atomic E-state index is 12.7. The van der Waals surface area contributed by atoms with Gasteiger partial charge in [-0.2, -0.15) is 0 Å². The minimum absolute atomic E-state index is 0.206. The van der Waals surface area contributed by atoms with E-state index in [0.29, 0.717) is 5.56 Å². The third kappa shape index (κ3) is 5.59. The van der Waals surface area contributed by atoms with Crippen LogP contribution in [0.4, 0.5) is 0 Å². The minimum Gasteiger partial charge on any atom is -0.480 e. The molecule has 0 aliphatic heterocycles. The lowest BCUT2D eigenvalue weighted by atomic mass is 10.00. The van der Waals surface area contributed by atoms with Crippen LogP contribution in [0.1, 0.15) is 28.4 Å². The smallest absolute Gasteiger partial charge is 0.326 e. The fourth-order valence-corrected chi connectivity index (χ4v) is 3.89. The third-order valence-electron chi connectivity index (χ3n) is 5.95. The van der Waals surface area contributed by atoms with Crippen LogP contribution < -0.4 is 5.32 Å². The Morgan fingerprint density at radius 3 is 1.65 bits per heavy atom. The standard InChI is InChI=1S/C30H27NO3/c1-2-21-8-12-25(13-9-21)26-16-18-27(19-17-26)29(32)31-28(30(33)34)20-22-10-14-24(15-11-22)23-6-4-3-5-7-23/h3-19,28H,2,20H2,1H3,(H,31,32)(H,33,34)/t28-/m0/s1. The first-order valence-electron chi connectivity index (χ1n) is 11.4. The molecule has 4 nitrogen and oxygen atoms in total. The number of benzene rings is 4. The Bertz CT molecular complexity index is 1250. The summed E-state index contributed by atoms with van der Waals surface area (Å²) >= 11 is 0. The van der Waals surface area contributed by atoms with Crippen molar-refractivity contribution in [2.75, 3.05) is 0 Å². The molecule has 0 aromatic heterocycles. The third-order valence-corrected chi connectivity index (χ3v) is 5.95. The number of hydrogen-bond acceptors (Lipinski definition) is 2. The predicted molar refractivity (Wildman–Crippen MR) is 136 cm³/mol. The topological polar surface area (TPSA) is 66.4 Å². The van der Waals surface area contributed by atoms with Gasteiger partial charge in [0.2, 0.25) is 0 Å². The zero-order chi connectivity index (χ0) is 23.9. The highest BCUT2D eigenvalue weighted by Crippen LogP contribution is 2.22. The summed E-state index contributed by atoms with van der Waals surface area (Å²) in [6, 6.07) is 32.3. The second-order valence-corrected chi connectivity index (χ2v) is 8.26. The van der Waals surface area contributed by atoms with Gasteiger partial charge in [-0.1, -0.05) is 97.9 Å². The van der Waals surface area contributed by atoms with E-state index in [2.05, 4.69) is 36.5 Å². The molecule has 0 saturated carbocycles. The number of amides is 1. The molecule has 0 spiro atoms. The van der Waals surface area contributed by atoms with Gasteiger partial charge in [0.1, 0.15) is 6.04 Å². The van der Waals surface area contributed by atoms with Gasteiger partial charge in [-0.05, 0) is 51.9 Å². The van der Waals surface area contributed by atoms with Gasteiger partial charge in [0.15, 0.2) is 0 Å². The molecule has 0 aliphatic rings. The van der Waals surface area contributed by atoms with Crippen molar-refractivity contribution in [2.45, 2.75) is 25.8 Å². The molecule has 0 heterocycles. The van der Waals surface area contributed by atoms with Crippen LogP contribution in [-0.2, 0) is 17.6 Å². The predicted octanol–water partition coefficient (Wildman–Crippen LogP) is 6.01. The highest BCUT2D eigenvalue weighted by atomic mass is 16.4. The van der Waals surface area contributed by atoms with Crippen molar-refractivity contribution in [1.82, 2.24) is 5.32 Å². The van der Waals surface area contributed by atoms with E-state index in [1.54, 1.807) is 12.1 Å². The van der Waals surface area contributed by atoms with Gasteiger partial charge in [-0.25, -0.2) is 4.79 Å². The van der Waals surface area contributed by atoms with Crippen LogP contribution >= 0.6 is 0 Å². The Morgan fingerprint density at radius 1 is 0.676 bits per heavy atom. The number of aliphatic carboxylic acids is 1. The van der Waals surface area contributed by atoms with Gasteiger partial charge in [0, 0.05) is 12.0 Å². The average Bonchev–Trinajstić information content (AvgIpc) is 2.89. The Labute approximate surface area is 199 Å². The van der Waals surface area contributed by atoms with E-state index in [1.165, 1.54) is 5.56 Å². The van der Waals surface area contributed by atoms with E-state index in [-0.39, 0.29) is 6.42 Å². The van der Waals surface area contributed by atoms with Crippen LogP contribution in [0.3, 0.4) is 0 Å². The molecular weight excluding hydrogens is 422 g/mol. The van der Waals surface area contributed by atoms with Crippen LogP contribution in [0.5, 0.6) is 0 Å². The minimum atomic E-state index is -1.06. The largest absolute Gasteiger partial charge is 0.480 e. The fourth-order valence-electron chi connectivity index (χ4n) is 3.89. The van der Waals surface area contributed by atoms with Crippen LogP contribution in [0.15, 0.2) is 103 Å². The molecule has 2 N–H and O–H groups in total. The molecule has 0 saturated heterocycles. The number of aryl methyl sites for hydroxylation is 1. The van der Waals surface area contributed by atoms with Crippen molar-refractivity contribution < 1.29 is 14.7 Å². The van der Waals surface area contributed by atoms with Crippen molar-refractivity contribution in [3.63, 3.8) is 0 Å². The number of carbonyl (C=O) groups is 2. The Hall–Kier alpha value is -4.18. The van der Waals surface area contributed by atoms with Gasteiger partial charge in [0.25, 0.3) is 5.91 Å². The molecule has 0 unspecified atom stereocenters. The second-order valence-electron chi connectivity index (χ2n) is 8.26. The summed E-state index contributed by atoms with van der Waals surface area (Å²) in [6.07, 6.45) is 1.19. The highest BCUT2D eigenvalue weighted by molar-refractivity contribution is 5.97. The van der Waals surface area contributed by atoms with Gasteiger partial charge >= 0.3 is 5.97 Å². The summed E-state index contributed by atoms with van der Waals surface area (Å²) in [6.45, 7) is 2.12. The van der Waals surface area contributed by atoms with Crippen molar-refractivity contribution in [3.05, 3.63) is 120 Å². The molecule has 0 fully saturated rings. The molecule has 0 radical (unpaired) electrons. The summed E-state index contributed by atoms with van der Waals surface area (Å²) in [5.41, 5.74) is 6.79. The Balaban J connectivity index is 1.42. The van der Waals surface area contributed by atoms with E-state index >= 15 is 0 Å². The van der Waals surface area contributed by atoms with E-state index in [9.17, 15) is 14.7 Å². The number of hydrogen-bond donors (Lipinski definition) is 2. The first kappa shape index (κ1) is 23.0. The molecule has 4 rings (SSSR count). The van der Waals surface area contributed by atoms with Crippen LogP contribution in [-0.4, -0.2) is 23.0 Å². The van der Waals surface area contributed by atoms with Crippen LogP contribution in [0, 0.1) is 0 Å². The lowest BCUT2D eigenvalue weighted by molar-refractivity contribution is -0.139. The zero-order valence-electron chi connectivity index (χ0n) is 19.1. The van der Waals surface area contributed by atoms with E-state index in [4.69, 9.17) is 0 Å². The molecule has 34 heavy (non-hydrogen) atoms. The quantitative estimate of drug-likeness (QED) is 0.346. The molecule has 170 valence electrons. The van der Waals surface area contributed by atoms with Gasteiger partial charge < -0.3 is 10.4 Å². The second kappa shape index (κ2) is 10.6. The van der Waals surface area contributed by atoms with Crippen molar-refractivity contribution >= 4 is 11.9 Å². The summed E-state index contributed by atoms with van der Waals surface area (Å²) in [4.78, 5) is 24.6. The normalized spacial score (nSPS) is 11.6. The van der Waals surface area contributed by atoms with Crippen molar-refractivity contribution in [1.29, 1.82) is 0 Å². The lowest BCUT2D eigenvalue weighted by Gasteiger charge is -2.15. The van der Waals surface area contributed by atoms with Crippen molar-refractivity contribution in [2.24, 2.45) is 0 Å². The SMILES string of the molecule is CCc1ccc(-c2ccc(C(=O)N[C@@H](Cc3ccc(-c4ccccc4)cc3)C(=O)O)cc2)cc1. The van der Waals surface area contributed by atoms with Crippen molar-refractivity contribution in [3.8, 4) is 22.3 Å². The van der Waals surface area contributed by atoms with Gasteiger partial charge in [-0.15, -0.1) is 0 Å². The number of carboxylic acid groups (broad SMARTS) is 1. The first-order valence-corrected chi connectivity index (χ1v) is 11.4. The maximum absolute atomic E-state index is 12.7. The molecule has 4 heteroatoms. The van der Waals surface area contributed by atoms with E-state index < -0.39 is 17.9 Å². The summed E-state index contributed by atoms with van der Waals surface area (Å²) in [5, 5.41) is 12.3. The zero-order valence-corrected chi connectivity index (χ0v) is 19.1. The average molecular weight is 450 g/mol. The Kier molecular flexibility index (Phi) is 7.19. The number of nitrogens with one attached hydrogen (secondary N) is 1. The highest BCUT2D eigenvalue weighted by Gasteiger charge is 2.21. The number of carboxylic acids is 1. The molecular formula is C30H27NO3. The van der Waals surface area contributed by atoms with Crippen LogP contribution in [0.2, 0.25) is 0 Å². The molecule has 0 aliphatic carbocycles. The lowest BCUT2D eigenvalue weighted by Crippen LogP contribution is -2.42. The van der Waals surface area contributed by atoms with E-state index in [1.807, 2.05) is 66.7 Å². The number of carbonyl (C=O) groups excluding carboxylic acids is 1. The van der Waals surface area contributed by atoms with Gasteiger partial charge in [-0.3, -0.25) is 4.79 Å². The molecule has 1 amide bonds. The van der Waals surface area contributed by atoms with E-state index in [0.717, 1.165) is 34.2 Å². The monoisotopic (exact) mass is 449 g/mol. The molecule has 4 aromatic rings.